The molecule has 150 valence electrons. The molecule has 0 aliphatic rings. The Labute approximate surface area is 168 Å². The summed E-state index contributed by atoms with van der Waals surface area (Å²) in [6.07, 6.45) is 6.71. The van der Waals surface area contributed by atoms with Crippen LogP contribution in [0, 0.1) is 22.7 Å². The van der Waals surface area contributed by atoms with Gasteiger partial charge in [0.25, 0.3) is 0 Å². The summed E-state index contributed by atoms with van der Waals surface area (Å²) in [7, 11) is 3.88. The number of rotatable bonds is 11. The van der Waals surface area contributed by atoms with Crippen LogP contribution >= 0.6 is 0 Å². The summed E-state index contributed by atoms with van der Waals surface area (Å²) >= 11 is 0. The van der Waals surface area contributed by atoms with Gasteiger partial charge in [0, 0.05) is 33.3 Å². The van der Waals surface area contributed by atoms with Gasteiger partial charge in [0.05, 0.1) is 6.34 Å². The molecule has 0 fully saturated rings. The quantitative estimate of drug-likeness (QED) is 0.236. The van der Waals surface area contributed by atoms with Crippen molar-refractivity contribution >= 4 is 19.0 Å². The Morgan fingerprint density at radius 1 is 1.18 bits per heavy atom. The van der Waals surface area contributed by atoms with Gasteiger partial charge >= 0.3 is 0 Å². The van der Waals surface area contributed by atoms with Crippen molar-refractivity contribution in [1.29, 1.82) is 10.5 Å². The van der Waals surface area contributed by atoms with Crippen LogP contribution in [0.5, 0.6) is 0 Å². The van der Waals surface area contributed by atoms with Gasteiger partial charge in [-0.15, -0.1) is 0 Å². The van der Waals surface area contributed by atoms with E-state index >= 15 is 0 Å². The lowest BCUT2D eigenvalue weighted by molar-refractivity contribution is 0.321. The summed E-state index contributed by atoms with van der Waals surface area (Å²) in [6.45, 7) is 11.8. The lowest BCUT2D eigenvalue weighted by Gasteiger charge is -2.18. The smallest absolute Gasteiger partial charge is 0.186 e. The van der Waals surface area contributed by atoms with Crippen molar-refractivity contribution in [2.24, 2.45) is 15.0 Å². The molecule has 0 bridgehead atoms. The van der Waals surface area contributed by atoms with E-state index in [4.69, 9.17) is 4.74 Å². The number of nitrogens with zero attached hydrogens (tertiary/aromatic N) is 7. The third-order valence-electron chi connectivity index (χ3n) is 3.68. The fraction of sp³-hybridized carbons (Fsp3) is 0.450. The van der Waals surface area contributed by atoms with E-state index in [1.807, 2.05) is 44.1 Å². The molecule has 0 radical (unpaired) electrons. The van der Waals surface area contributed by atoms with Gasteiger partial charge in [-0.25, -0.2) is 9.98 Å². The first-order valence-electron chi connectivity index (χ1n) is 8.84. The minimum atomic E-state index is -0.0966. The largest absolute Gasteiger partial charge is 0.476 e. The minimum absolute atomic E-state index is 0.0665. The maximum Gasteiger partial charge on any atom is 0.186 e. The fourth-order valence-corrected chi connectivity index (χ4v) is 1.73. The molecule has 8 nitrogen and oxygen atoms in total. The fourth-order valence-electron chi connectivity index (χ4n) is 1.73. The standard InChI is InChI=1S/C20H29N7O/c1-7-18(9-10-23-4)15-28-17(3)25-20(14-22)19(13-21)24-16-27(6)12-11-26(5)8-2/h7,9-10,16H,4,8,11-12,15H2,1-3,5-6H3/b10-9-,18-7+,20-19-,24-16?,25-17?. The molecule has 0 saturated carbocycles. The van der Waals surface area contributed by atoms with Crippen LogP contribution < -0.4 is 0 Å². The first kappa shape index (κ1) is 24.8. The maximum absolute atomic E-state index is 9.33. The van der Waals surface area contributed by atoms with E-state index in [9.17, 15) is 10.5 Å². The Balaban J connectivity index is 5.15. The highest BCUT2D eigenvalue weighted by Gasteiger charge is 2.06. The summed E-state index contributed by atoms with van der Waals surface area (Å²) in [5, 5.41) is 18.7. The molecule has 0 aliphatic carbocycles. The van der Waals surface area contributed by atoms with E-state index in [1.165, 1.54) is 6.34 Å². The highest BCUT2D eigenvalue weighted by molar-refractivity contribution is 5.75. The van der Waals surface area contributed by atoms with Gasteiger partial charge in [0.15, 0.2) is 17.3 Å². The van der Waals surface area contributed by atoms with E-state index in [2.05, 4.69) is 33.5 Å². The molecule has 0 aromatic carbocycles. The SMILES string of the molecule is C=N/C=C\C(=C/C)COC(C)=N/C(C#N)=C(/C#N)N=CN(C)CCN(C)CC. The monoisotopic (exact) mass is 383 g/mol. The van der Waals surface area contributed by atoms with Gasteiger partial charge in [-0.05, 0) is 38.9 Å². The number of hydrogen-bond acceptors (Lipinski definition) is 7. The van der Waals surface area contributed by atoms with Crippen LogP contribution in [0.15, 0.2) is 50.3 Å². The second-order valence-corrected chi connectivity index (χ2v) is 5.82. The lowest BCUT2D eigenvalue weighted by Crippen LogP contribution is -2.29. The van der Waals surface area contributed by atoms with E-state index in [0.717, 1.165) is 25.2 Å². The van der Waals surface area contributed by atoms with Gasteiger partial charge in [0.2, 0.25) is 0 Å². The van der Waals surface area contributed by atoms with Crippen LogP contribution in [0.3, 0.4) is 0 Å². The zero-order valence-electron chi connectivity index (χ0n) is 17.4. The van der Waals surface area contributed by atoms with Crippen molar-refractivity contribution < 1.29 is 4.74 Å². The summed E-state index contributed by atoms with van der Waals surface area (Å²) in [4.78, 5) is 15.8. The molecule has 0 spiro atoms. The van der Waals surface area contributed by atoms with E-state index in [0.29, 0.717) is 0 Å². The number of ether oxygens (including phenoxy) is 1. The highest BCUT2D eigenvalue weighted by Crippen LogP contribution is 2.08. The Morgan fingerprint density at radius 3 is 2.39 bits per heavy atom. The summed E-state index contributed by atoms with van der Waals surface area (Å²) < 4.78 is 5.53. The van der Waals surface area contributed by atoms with Crippen LogP contribution in [0.1, 0.15) is 20.8 Å². The van der Waals surface area contributed by atoms with Crippen molar-refractivity contribution in [1.82, 2.24) is 9.80 Å². The molecule has 0 heterocycles. The van der Waals surface area contributed by atoms with E-state index < -0.39 is 0 Å². The first-order chi connectivity index (χ1) is 13.4. The summed E-state index contributed by atoms with van der Waals surface area (Å²) in [5.41, 5.74) is 0.713. The zero-order valence-corrected chi connectivity index (χ0v) is 17.4. The van der Waals surface area contributed by atoms with Gasteiger partial charge in [-0.2, -0.15) is 10.5 Å². The molecule has 0 aliphatic heterocycles. The zero-order chi connectivity index (χ0) is 21.4. The molecule has 0 atom stereocenters. The van der Waals surface area contributed by atoms with Gasteiger partial charge in [0.1, 0.15) is 18.7 Å². The Kier molecular flexibility index (Phi) is 13.2. The second kappa shape index (κ2) is 14.9. The van der Waals surface area contributed by atoms with Crippen molar-refractivity contribution in [3.8, 4) is 12.1 Å². The van der Waals surface area contributed by atoms with Crippen molar-refractivity contribution in [2.45, 2.75) is 20.8 Å². The predicted molar refractivity (Wildman–Crippen MR) is 114 cm³/mol. The van der Waals surface area contributed by atoms with E-state index in [1.54, 1.807) is 19.2 Å². The second-order valence-electron chi connectivity index (χ2n) is 5.82. The van der Waals surface area contributed by atoms with Gasteiger partial charge < -0.3 is 14.5 Å². The Bertz CT molecular complexity index is 733. The lowest BCUT2D eigenvalue weighted by atomic mass is 10.2. The molecule has 8 heteroatoms. The molecule has 0 saturated heterocycles. The Morgan fingerprint density at radius 2 is 1.86 bits per heavy atom. The van der Waals surface area contributed by atoms with Crippen LogP contribution in [0.4, 0.5) is 0 Å². The molecule has 0 aromatic rings. The average molecular weight is 384 g/mol. The third-order valence-corrected chi connectivity index (χ3v) is 3.68. The van der Waals surface area contributed by atoms with Crippen molar-refractivity contribution in [3.63, 3.8) is 0 Å². The number of likely N-dealkylation sites (N-methyl/N-ethyl adjacent to an activating group) is 2. The Hall–Kier alpha value is -3.23. The molecule has 0 amide bonds. The van der Waals surface area contributed by atoms with Gasteiger partial charge in [-0.3, -0.25) is 4.99 Å². The number of nitriles is 2. The molecule has 28 heavy (non-hydrogen) atoms. The highest BCUT2D eigenvalue weighted by atomic mass is 16.5. The van der Waals surface area contributed by atoms with Crippen LogP contribution in [0.2, 0.25) is 0 Å². The first-order valence-corrected chi connectivity index (χ1v) is 8.84. The van der Waals surface area contributed by atoms with Crippen molar-refractivity contribution in [2.75, 3.05) is 40.3 Å². The summed E-state index contributed by atoms with van der Waals surface area (Å²) in [6, 6.07) is 3.81. The molecule has 0 N–H and O–H groups in total. The van der Waals surface area contributed by atoms with Gasteiger partial charge in [-0.1, -0.05) is 13.0 Å². The third kappa shape index (κ3) is 10.7. The molecule has 0 rings (SSSR count). The normalized spacial score (nSPS) is 13.4. The van der Waals surface area contributed by atoms with Crippen LogP contribution in [-0.2, 0) is 4.74 Å². The van der Waals surface area contributed by atoms with E-state index in [-0.39, 0.29) is 23.9 Å². The number of hydrogen-bond donors (Lipinski definition) is 0. The maximum atomic E-state index is 9.33. The number of aliphatic imine (C=N–C) groups is 3. The number of allylic oxidation sites excluding steroid dienone is 3. The van der Waals surface area contributed by atoms with Crippen LogP contribution in [-0.4, -0.2) is 69.1 Å². The van der Waals surface area contributed by atoms with Crippen molar-refractivity contribution in [3.05, 3.63) is 35.3 Å². The molecule has 0 aromatic heterocycles. The molecular weight excluding hydrogens is 354 g/mol. The summed E-state index contributed by atoms with van der Waals surface area (Å²) in [5.74, 6) is 0.261. The molecule has 0 unspecified atom stereocenters. The minimum Gasteiger partial charge on any atom is -0.476 e. The predicted octanol–water partition coefficient (Wildman–Crippen LogP) is 2.75. The average Bonchev–Trinajstić information content (AvgIpc) is 2.71. The molecular formula is C20H29N7O. The van der Waals surface area contributed by atoms with Crippen LogP contribution in [0.25, 0.3) is 0 Å². The topological polar surface area (TPSA) is 100 Å².